The van der Waals surface area contributed by atoms with Gasteiger partial charge in [-0.25, -0.2) is 0 Å². The van der Waals surface area contributed by atoms with Gasteiger partial charge < -0.3 is 5.32 Å². The minimum atomic E-state index is -4.99. The Balaban J connectivity index is 2.72. The molecular formula is C13H14F3NO2S. The Morgan fingerprint density at radius 3 is 2.25 bits per heavy atom. The van der Waals surface area contributed by atoms with Crippen LogP contribution in [0.1, 0.15) is 24.2 Å². The minimum Gasteiger partial charge on any atom is -0.338 e. The molecule has 0 bridgehead atoms. The first-order chi connectivity index (χ1) is 9.25. The highest BCUT2D eigenvalue weighted by Gasteiger charge is 2.40. The monoisotopic (exact) mass is 305 g/mol. The average Bonchev–Trinajstić information content (AvgIpc) is 2.38. The van der Waals surface area contributed by atoms with Gasteiger partial charge in [0.15, 0.2) is 5.78 Å². The third kappa shape index (κ3) is 4.56. The summed E-state index contributed by atoms with van der Waals surface area (Å²) < 4.78 is 36.3. The van der Waals surface area contributed by atoms with Gasteiger partial charge in [-0.2, -0.15) is 13.2 Å². The lowest BCUT2D eigenvalue weighted by atomic mass is 10.1. The van der Waals surface area contributed by atoms with Crippen molar-refractivity contribution in [2.24, 2.45) is 0 Å². The second kappa shape index (κ2) is 6.78. The van der Waals surface area contributed by atoms with Crippen LogP contribution in [0.25, 0.3) is 0 Å². The number of hydrogen-bond acceptors (Lipinski definition) is 3. The number of ketones is 1. The van der Waals surface area contributed by atoms with Crippen molar-refractivity contribution in [1.82, 2.24) is 5.32 Å². The van der Waals surface area contributed by atoms with E-state index in [1.54, 1.807) is 29.2 Å². The van der Waals surface area contributed by atoms with Crippen molar-refractivity contribution in [1.29, 1.82) is 0 Å². The molecule has 20 heavy (non-hydrogen) atoms. The number of alkyl halides is 3. The zero-order valence-corrected chi connectivity index (χ0v) is 11.8. The zero-order chi connectivity index (χ0) is 15.3. The highest BCUT2D eigenvalue weighted by Crippen LogP contribution is 2.19. The molecule has 0 heterocycles. The molecule has 0 saturated carbocycles. The molecule has 0 saturated heterocycles. The van der Waals surface area contributed by atoms with Crippen molar-refractivity contribution in [3.05, 3.63) is 29.8 Å². The largest absolute Gasteiger partial charge is 0.471 e. The first kappa shape index (κ1) is 16.6. The Labute approximate surface area is 118 Å². The lowest BCUT2D eigenvalue weighted by molar-refractivity contribution is -0.173. The minimum absolute atomic E-state index is 0.264. The predicted octanol–water partition coefficient (Wildman–Crippen LogP) is 3.05. The van der Waals surface area contributed by atoms with Crippen molar-refractivity contribution in [2.75, 3.05) is 5.75 Å². The topological polar surface area (TPSA) is 46.2 Å². The predicted molar refractivity (Wildman–Crippen MR) is 70.8 cm³/mol. The first-order valence-electron chi connectivity index (χ1n) is 5.90. The summed E-state index contributed by atoms with van der Waals surface area (Å²) in [4.78, 5) is 23.6. The smallest absolute Gasteiger partial charge is 0.338 e. The number of thioether (sulfide) groups is 1. The fourth-order valence-corrected chi connectivity index (χ4v) is 2.14. The van der Waals surface area contributed by atoms with E-state index in [1.165, 1.54) is 19.1 Å². The molecule has 0 unspecified atom stereocenters. The molecule has 0 radical (unpaired) electrons. The van der Waals surface area contributed by atoms with E-state index in [-0.39, 0.29) is 5.56 Å². The average molecular weight is 305 g/mol. The number of halogens is 3. The van der Waals surface area contributed by atoms with E-state index < -0.39 is 23.9 Å². The van der Waals surface area contributed by atoms with Crippen LogP contribution < -0.4 is 5.32 Å². The number of rotatable bonds is 5. The van der Waals surface area contributed by atoms with E-state index in [0.29, 0.717) is 0 Å². The van der Waals surface area contributed by atoms with Gasteiger partial charge in [-0.15, -0.1) is 11.8 Å². The molecular weight excluding hydrogens is 291 g/mol. The molecule has 1 N–H and O–H groups in total. The van der Waals surface area contributed by atoms with Crippen molar-refractivity contribution in [3.8, 4) is 0 Å². The van der Waals surface area contributed by atoms with Gasteiger partial charge >= 0.3 is 12.1 Å². The molecule has 0 aromatic heterocycles. The number of Topliss-reactive ketones (excluding diaryl/α,β-unsaturated/α-hetero) is 1. The molecule has 1 amide bonds. The Morgan fingerprint density at radius 1 is 1.25 bits per heavy atom. The van der Waals surface area contributed by atoms with Crippen LogP contribution in [0, 0.1) is 0 Å². The van der Waals surface area contributed by atoms with E-state index in [0.717, 1.165) is 10.6 Å². The normalized spacial score (nSPS) is 12.8. The van der Waals surface area contributed by atoms with E-state index >= 15 is 0 Å². The highest BCUT2D eigenvalue weighted by atomic mass is 32.2. The van der Waals surface area contributed by atoms with Gasteiger partial charge in [0.25, 0.3) is 0 Å². The number of hydrogen-bond donors (Lipinski definition) is 1. The Hall–Kier alpha value is -1.50. The van der Waals surface area contributed by atoms with Crippen LogP contribution in [-0.2, 0) is 4.79 Å². The van der Waals surface area contributed by atoms with Crippen molar-refractivity contribution >= 4 is 23.5 Å². The molecule has 7 heteroatoms. The zero-order valence-electron chi connectivity index (χ0n) is 11.0. The van der Waals surface area contributed by atoms with Gasteiger partial charge in [-0.1, -0.05) is 19.1 Å². The summed E-state index contributed by atoms with van der Waals surface area (Å²) in [5, 5.41) is 1.64. The van der Waals surface area contributed by atoms with Crippen molar-refractivity contribution in [2.45, 2.75) is 31.0 Å². The van der Waals surface area contributed by atoms with E-state index in [2.05, 4.69) is 0 Å². The van der Waals surface area contributed by atoms with Crippen LogP contribution in [0.3, 0.4) is 0 Å². The summed E-state index contributed by atoms with van der Waals surface area (Å²) in [6.45, 7) is 3.21. The number of nitrogens with one attached hydrogen (secondary N) is 1. The quantitative estimate of drug-likeness (QED) is 0.672. The van der Waals surface area contributed by atoms with E-state index in [1.807, 2.05) is 6.92 Å². The van der Waals surface area contributed by atoms with Gasteiger partial charge in [0.1, 0.15) is 0 Å². The lowest BCUT2D eigenvalue weighted by Gasteiger charge is -2.14. The maximum atomic E-state index is 12.1. The summed E-state index contributed by atoms with van der Waals surface area (Å²) in [5.41, 5.74) is 0.264. The van der Waals surface area contributed by atoms with Crippen LogP contribution in [-0.4, -0.2) is 29.7 Å². The summed E-state index contributed by atoms with van der Waals surface area (Å²) in [6.07, 6.45) is -4.99. The fraction of sp³-hybridized carbons (Fsp3) is 0.385. The van der Waals surface area contributed by atoms with Crippen LogP contribution in [0.4, 0.5) is 13.2 Å². The van der Waals surface area contributed by atoms with E-state index in [4.69, 9.17) is 0 Å². The maximum absolute atomic E-state index is 12.1. The molecule has 1 aromatic carbocycles. The molecule has 0 aliphatic rings. The number of benzene rings is 1. The third-order valence-electron chi connectivity index (χ3n) is 2.45. The maximum Gasteiger partial charge on any atom is 0.471 e. The number of carbonyl (C=O) groups is 2. The van der Waals surface area contributed by atoms with Gasteiger partial charge in [-0.3, -0.25) is 9.59 Å². The second-order valence-electron chi connectivity index (χ2n) is 4.01. The Kier molecular flexibility index (Phi) is 5.62. The van der Waals surface area contributed by atoms with Gasteiger partial charge in [0, 0.05) is 10.5 Å². The number of carbonyl (C=O) groups excluding carboxylic acids is 2. The number of amides is 1. The van der Waals surface area contributed by atoms with E-state index in [9.17, 15) is 22.8 Å². The van der Waals surface area contributed by atoms with Crippen LogP contribution in [0.15, 0.2) is 29.2 Å². The molecule has 1 aromatic rings. The summed E-state index contributed by atoms with van der Waals surface area (Å²) in [5.74, 6) is -1.79. The van der Waals surface area contributed by atoms with Crippen molar-refractivity contribution < 1.29 is 22.8 Å². The highest BCUT2D eigenvalue weighted by molar-refractivity contribution is 7.99. The SMILES string of the molecule is CCSc1ccc(C(=O)[C@H](C)NC(=O)C(F)(F)F)cc1. The molecule has 110 valence electrons. The first-order valence-corrected chi connectivity index (χ1v) is 6.89. The molecule has 0 spiro atoms. The van der Waals surface area contributed by atoms with Crippen molar-refractivity contribution in [3.63, 3.8) is 0 Å². The van der Waals surface area contributed by atoms with Crippen LogP contribution in [0.2, 0.25) is 0 Å². The fourth-order valence-electron chi connectivity index (χ4n) is 1.48. The lowest BCUT2D eigenvalue weighted by Crippen LogP contribution is -2.45. The molecule has 0 aliphatic heterocycles. The standard InChI is InChI=1S/C13H14F3NO2S/c1-3-20-10-6-4-9(5-7-10)11(18)8(2)17-12(19)13(14,15)16/h4-8H,3H2,1-2H3,(H,17,19)/t8-/m0/s1. The summed E-state index contributed by atoms with van der Waals surface area (Å²) >= 11 is 1.59. The molecule has 0 fully saturated rings. The van der Waals surface area contributed by atoms with Gasteiger partial charge in [-0.05, 0) is 24.8 Å². The van der Waals surface area contributed by atoms with Crippen LogP contribution in [0.5, 0.6) is 0 Å². The van der Waals surface area contributed by atoms with Gasteiger partial charge in [0.2, 0.25) is 0 Å². The van der Waals surface area contributed by atoms with Crippen LogP contribution >= 0.6 is 11.8 Å². The second-order valence-corrected chi connectivity index (χ2v) is 5.35. The molecule has 1 rings (SSSR count). The third-order valence-corrected chi connectivity index (χ3v) is 3.34. The molecule has 3 nitrogen and oxygen atoms in total. The Bertz CT molecular complexity index is 485. The summed E-state index contributed by atoms with van der Waals surface area (Å²) in [6, 6.07) is 5.29. The summed E-state index contributed by atoms with van der Waals surface area (Å²) in [7, 11) is 0. The molecule has 1 atom stereocenters. The molecule has 0 aliphatic carbocycles. The van der Waals surface area contributed by atoms with Gasteiger partial charge in [0.05, 0.1) is 6.04 Å². The Morgan fingerprint density at radius 2 is 1.80 bits per heavy atom.